The minimum absolute atomic E-state index is 0.0315. The first kappa shape index (κ1) is 13.0. The van der Waals surface area contributed by atoms with Crippen molar-refractivity contribution in [1.29, 1.82) is 0 Å². The van der Waals surface area contributed by atoms with Crippen LogP contribution < -0.4 is 11.1 Å². The van der Waals surface area contributed by atoms with Crippen LogP contribution in [0.3, 0.4) is 0 Å². The van der Waals surface area contributed by atoms with Gasteiger partial charge in [-0.3, -0.25) is 4.79 Å². The Balaban J connectivity index is 1.84. The summed E-state index contributed by atoms with van der Waals surface area (Å²) in [6, 6.07) is 2.22. The maximum Gasteiger partial charge on any atom is 0.267 e. The lowest BCUT2D eigenvalue weighted by Crippen LogP contribution is -2.26. The number of nitrogens with zero attached hydrogens (tertiary/aromatic N) is 1. The molecule has 1 aromatic rings. The van der Waals surface area contributed by atoms with Crippen LogP contribution in [0.1, 0.15) is 42.2 Å². The first-order chi connectivity index (χ1) is 8.72. The van der Waals surface area contributed by atoms with E-state index in [1.165, 1.54) is 0 Å². The van der Waals surface area contributed by atoms with Gasteiger partial charge in [0.2, 0.25) is 0 Å². The summed E-state index contributed by atoms with van der Waals surface area (Å²) in [5.41, 5.74) is 7.10. The van der Waals surface area contributed by atoms with E-state index in [1.807, 2.05) is 10.8 Å². The van der Waals surface area contributed by atoms with Gasteiger partial charge in [0.05, 0.1) is 5.69 Å². The molecule has 1 fully saturated rings. The van der Waals surface area contributed by atoms with Gasteiger partial charge in [-0.1, -0.05) is 0 Å². The molecule has 0 aromatic carbocycles. The number of anilines is 1. The zero-order chi connectivity index (χ0) is 13.0. The summed E-state index contributed by atoms with van der Waals surface area (Å²) < 4.78 is 6.96. The number of ether oxygens (including phenoxy) is 1. The molecule has 1 amide bonds. The lowest BCUT2D eigenvalue weighted by Gasteiger charge is -2.08. The molecule has 5 heteroatoms. The van der Waals surface area contributed by atoms with E-state index in [1.54, 1.807) is 13.2 Å². The van der Waals surface area contributed by atoms with Crippen LogP contribution in [0.4, 0.5) is 5.69 Å². The van der Waals surface area contributed by atoms with Crippen molar-refractivity contribution in [3.63, 3.8) is 0 Å². The summed E-state index contributed by atoms with van der Waals surface area (Å²) >= 11 is 0. The number of hydrogen-bond acceptors (Lipinski definition) is 3. The third-order valence-corrected chi connectivity index (χ3v) is 3.10. The van der Waals surface area contributed by atoms with Gasteiger partial charge in [0.1, 0.15) is 5.69 Å². The third kappa shape index (κ3) is 3.26. The highest BCUT2D eigenvalue weighted by Crippen LogP contribution is 2.37. The number of hydrogen-bond donors (Lipinski definition) is 2. The Labute approximate surface area is 107 Å². The van der Waals surface area contributed by atoms with Crippen molar-refractivity contribution < 1.29 is 9.53 Å². The van der Waals surface area contributed by atoms with Crippen molar-refractivity contribution >= 4 is 11.6 Å². The van der Waals surface area contributed by atoms with E-state index in [0.29, 0.717) is 24.0 Å². The molecule has 0 aliphatic heterocycles. The Morgan fingerprint density at radius 3 is 3.00 bits per heavy atom. The Kier molecular flexibility index (Phi) is 4.25. The first-order valence-corrected chi connectivity index (χ1v) is 6.47. The van der Waals surface area contributed by atoms with Gasteiger partial charge in [-0.2, -0.15) is 0 Å². The molecule has 100 valence electrons. The minimum atomic E-state index is -0.0315. The number of unbranched alkanes of at least 4 members (excludes halogenated alkanes) is 1. The molecule has 0 bridgehead atoms. The second-order valence-corrected chi connectivity index (χ2v) is 4.75. The smallest absolute Gasteiger partial charge is 0.267 e. The first-order valence-electron chi connectivity index (χ1n) is 6.47. The molecular formula is C13H21N3O2. The predicted octanol–water partition coefficient (Wildman–Crippen LogP) is 1.56. The molecule has 1 saturated carbocycles. The number of nitrogens with one attached hydrogen (secondary N) is 1. The average Bonchev–Trinajstić information content (AvgIpc) is 3.12. The minimum Gasteiger partial charge on any atom is -0.397 e. The van der Waals surface area contributed by atoms with Crippen molar-refractivity contribution in [3.8, 4) is 0 Å². The zero-order valence-corrected chi connectivity index (χ0v) is 10.8. The maximum atomic E-state index is 12.0. The van der Waals surface area contributed by atoms with Crippen LogP contribution in [0.2, 0.25) is 0 Å². The van der Waals surface area contributed by atoms with E-state index >= 15 is 0 Å². The summed E-state index contributed by atoms with van der Waals surface area (Å²) in [7, 11) is 1.68. The SMILES string of the molecule is COCCCCNC(=O)c1cc(N)cn1C1CC1. The molecule has 1 heterocycles. The van der Waals surface area contributed by atoms with Gasteiger partial charge in [-0.15, -0.1) is 0 Å². The third-order valence-electron chi connectivity index (χ3n) is 3.10. The Bertz CT molecular complexity index is 410. The molecule has 18 heavy (non-hydrogen) atoms. The highest BCUT2D eigenvalue weighted by Gasteiger charge is 2.27. The van der Waals surface area contributed by atoms with Gasteiger partial charge < -0.3 is 20.4 Å². The standard InChI is InChI=1S/C13H21N3O2/c1-18-7-3-2-6-15-13(17)12-8-10(14)9-16(12)11-4-5-11/h8-9,11H,2-7,14H2,1H3,(H,15,17). The topological polar surface area (TPSA) is 69.3 Å². The van der Waals surface area contributed by atoms with E-state index in [-0.39, 0.29) is 5.91 Å². The van der Waals surface area contributed by atoms with Crippen molar-refractivity contribution in [1.82, 2.24) is 9.88 Å². The van der Waals surface area contributed by atoms with E-state index in [4.69, 9.17) is 10.5 Å². The number of methoxy groups -OCH3 is 1. The molecule has 0 atom stereocenters. The molecule has 0 spiro atoms. The van der Waals surface area contributed by atoms with E-state index in [0.717, 1.165) is 32.3 Å². The summed E-state index contributed by atoms with van der Waals surface area (Å²) in [6.45, 7) is 1.42. The Hall–Kier alpha value is -1.49. The van der Waals surface area contributed by atoms with Crippen molar-refractivity contribution in [3.05, 3.63) is 18.0 Å². The largest absolute Gasteiger partial charge is 0.397 e. The highest BCUT2D eigenvalue weighted by molar-refractivity contribution is 5.93. The van der Waals surface area contributed by atoms with Gasteiger partial charge in [-0.05, 0) is 31.7 Å². The molecule has 0 unspecified atom stereocenters. The van der Waals surface area contributed by atoms with Crippen LogP contribution in [0.15, 0.2) is 12.3 Å². The van der Waals surface area contributed by atoms with Crippen LogP contribution in [-0.2, 0) is 4.74 Å². The fraction of sp³-hybridized carbons (Fsp3) is 0.615. The number of rotatable bonds is 7. The lowest BCUT2D eigenvalue weighted by molar-refractivity contribution is 0.0942. The van der Waals surface area contributed by atoms with E-state index in [2.05, 4.69) is 5.32 Å². The molecule has 1 aromatic heterocycles. The summed E-state index contributed by atoms with van der Waals surface area (Å²) in [4.78, 5) is 12.0. The average molecular weight is 251 g/mol. The highest BCUT2D eigenvalue weighted by atomic mass is 16.5. The zero-order valence-electron chi connectivity index (χ0n) is 10.8. The number of amides is 1. The van der Waals surface area contributed by atoms with Gasteiger partial charge in [0.25, 0.3) is 5.91 Å². The Morgan fingerprint density at radius 1 is 1.56 bits per heavy atom. The molecule has 0 saturated heterocycles. The predicted molar refractivity (Wildman–Crippen MR) is 70.6 cm³/mol. The lowest BCUT2D eigenvalue weighted by atomic mass is 10.3. The molecule has 5 nitrogen and oxygen atoms in total. The summed E-state index contributed by atoms with van der Waals surface area (Å²) in [5, 5.41) is 2.92. The van der Waals surface area contributed by atoms with Gasteiger partial charge in [0.15, 0.2) is 0 Å². The molecular weight excluding hydrogens is 230 g/mol. The quantitative estimate of drug-likeness (QED) is 0.723. The van der Waals surface area contributed by atoms with Crippen molar-refractivity contribution in [2.45, 2.75) is 31.7 Å². The number of nitrogen functional groups attached to an aromatic ring is 1. The van der Waals surface area contributed by atoms with Crippen LogP contribution in [-0.4, -0.2) is 30.7 Å². The second-order valence-electron chi connectivity index (χ2n) is 4.75. The van der Waals surface area contributed by atoms with Gasteiger partial charge in [0, 0.05) is 32.5 Å². The monoisotopic (exact) mass is 251 g/mol. The van der Waals surface area contributed by atoms with Gasteiger partial charge in [-0.25, -0.2) is 0 Å². The molecule has 2 rings (SSSR count). The van der Waals surface area contributed by atoms with Crippen molar-refractivity contribution in [2.24, 2.45) is 0 Å². The van der Waals surface area contributed by atoms with Gasteiger partial charge >= 0.3 is 0 Å². The molecule has 1 aliphatic rings. The van der Waals surface area contributed by atoms with E-state index in [9.17, 15) is 4.79 Å². The maximum absolute atomic E-state index is 12.0. The molecule has 1 aliphatic carbocycles. The summed E-state index contributed by atoms with van der Waals surface area (Å²) in [5.74, 6) is -0.0315. The van der Waals surface area contributed by atoms with Crippen molar-refractivity contribution in [2.75, 3.05) is 26.0 Å². The number of nitrogens with two attached hydrogens (primary N) is 1. The number of carbonyl (C=O) groups is 1. The van der Waals surface area contributed by atoms with Crippen LogP contribution in [0, 0.1) is 0 Å². The molecule has 3 N–H and O–H groups in total. The fourth-order valence-corrected chi connectivity index (χ4v) is 2.00. The second kappa shape index (κ2) is 5.91. The normalized spacial score (nSPS) is 14.7. The summed E-state index contributed by atoms with van der Waals surface area (Å²) in [6.07, 6.45) is 6.03. The van der Waals surface area contributed by atoms with Crippen LogP contribution in [0.25, 0.3) is 0 Å². The van der Waals surface area contributed by atoms with Crippen LogP contribution in [0.5, 0.6) is 0 Å². The van der Waals surface area contributed by atoms with E-state index < -0.39 is 0 Å². The molecule has 0 radical (unpaired) electrons. The number of aromatic nitrogens is 1. The number of carbonyl (C=O) groups excluding carboxylic acids is 1. The Morgan fingerprint density at radius 2 is 2.33 bits per heavy atom. The fourth-order valence-electron chi connectivity index (χ4n) is 2.00. The van der Waals surface area contributed by atoms with Crippen LogP contribution >= 0.6 is 0 Å².